The molecule has 1 heterocycles. The summed E-state index contributed by atoms with van der Waals surface area (Å²) in [6.45, 7) is 15.1. The van der Waals surface area contributed by atoms with Crippen LogP contribution in [0.4, 0.5) is 0 Å². The molecule has 9 nitrogen and oxygen atoms in total. The van der Waals surface area contributed by atoms with Gasteiger partial charge in [0.1, 0.15) is 34.5 Å². The van der Waals surface area contributed by atoms with Crippen molar-refractivity contribution in [3.05, 3.63) is 147 Å². The molecular weight excluding hydrogens is 811 g/mol. The van der Waals surface area contributed by atoms with E-state index in [-0.39, 0.29) is 23.0 Å². The Balaban J connectivity index is 1.37. The molecular formula is C56H59N3O6. The average Bonchev–Trinajstić information content (AvgIpc) is 3.57. The molecule has 1 spiro atoms. The fourth-order valence-corrected chi connectivity index (χ4v) is 11.7. The van der Waals surface area contributed by atoms with Gasteiger partial charge in [0.05, 0.1) is 27.4 Å². The number of rotatable bonds is 14. The first kappa shape index (κ1) is 43.7. The highest BCUT2D eigenvalue weighted by Crippen LogP contribution is 2.67. The molecule has 2 aliphatic carbocycles. The van der Waals surface area contributed by atoms with Crippen LogP contribution in [0.2, 0.25) is 0 Å². The molecule has 0 saturated heterocycles. The van der Waals surface area contributed by atoms with Crippen LogP contribution in [-0.2, 0) is 11.0 Å². The molecule has 1 fully saturated rings. The Hall–Kier alpha value is -6.57. The second kappa shape index (κ2) is 17.1. The summed E-state index contributed by atoms with van der Waals surface area (Å²) in [4.78, 5) is 2.93. The summed E-state index contributed by atoms with van der Waals surface area (Å²) in [6, 6.07) is 35.8. The van der Waals surface area contributed by atoms with Crippen LogP contribution in [0.3, 0.4) is 0 Å². The van der Waals surface area contributed by atoms with E-state index < -0.39 is 5.60 Å². The van der Waals surface area contributed by atoms with E-state index in [0.717, 1.165) is 87.9 Å². The van der Waals surface area contributed by atoms with Gasteiger partial charge in [0, 0.05) is 49.6 Å². The summed E-state index contributed by atoms with van der Waals surface area (Å²) in [5.74, 6) is 4.19. The van der Waals surface area contributed by atoms with Crippen LogP contribution in [0.15, 0.2) is 114 Å². The average molecular weight is 870 g/mol. The molecule has 9 rings (SSSR count). The highest BCUT2D eigenvalue weighted by molar-refractivity contribution is 6.11. The van der Waals surface area contributed by atoms with Crippen molar-refractivity contribution in [3.8, 4) is 56.8 Å². The number of fused-ring (bicyclic) bond motifs is 10. The Kier molecular flexibility index (Phi) is 11.5. The zero-order valence-corrected chi connectivity index (χ0v) is 38.9. The molecule has 1 saturated carbocycles. The first-order chi connectivity index (χ1) is 31.4. The standard InChI is InChI=1S/C56H59N3O6/c1-9-27-62-38-19-15-36(16-20-38)56(37-17-21-39(22-18-37)63-28-10-2)26-25-43-51-50(42-13-11-12-14-47(42)55(51)33-53(3,4)32-54(5,6)34-55)45-30-44(48(61-8)31-46(45)52(43)65-56)41-24-23-40(60-7)29-49(41)64-35-58-59-57/h11-26,29-31H,9-10,27-28,32-35H2,1-8H3. The SMILES string of the molecule is CCCOc1ccc(C2(c3ccc(OCCC)cc3)C=Cc3c4c(c5cc(-c6ccc(OC)cc6OCN=[N+]=[N-])c(OC)cc5c3O2)-c2ccccc2C42CC(C)(C)CC(C)(C)C2)cc1. The molecule has 334 valence electrons. The van der Waals surface area contributed by atoms with E-state index >= 15 is 0 Å². The van der Waals surface area contributed by atoms with Crippen LogP contribution in [0, 0.1) is 10.8 Å². The molecule has 6 aromatic rings. The summed E-state index contributed by atoms with van der Waals surface area (Å²) >= 11 is 0. The Morgan fingerprint density at radius 2 is 1.28 bits per heavy atom. The number of ether oxygens (including phenoxy) is 6. The summed E-state index contributed by atoms with van der Waals surface area (Å²) in [5, 5.41) is 5.67. The number of hydrogen-bond donors (Lipinski definition) is 0. The summed E-state index contributed by atoms with van der Waals surface area (Å²) in [7, 11) is 3.31. The largest absolute Gasteiger partial charge is 0.497 e. The Morgan fingerprint density at radius 1 is 0.646 bits per heavy atom. The van der Waals surface area contributed by atoms with Gasteiger partial charge in [0.25, 0.3) is 0 Å². The third kappa shape index (κ3) is 7.69. The molecule has 6 aromatic carbocycles. The summed E-state index contributed by atoms with van der Waals surface area (Å²) < 4.78 is 38.1. The van der Waals surface area contributed by atoms with E-state index in [1.807, 2.05) is 42.5 Å². The quantitative estimate of drug-likeness (QED) is 0.0613. The van der Waals surface area contributed by atoms with Crippen molar-refractivity contribution in [2.24, 2.45) is 15.9 Å². The van der Waals surface area contributed by atoms with Crippen molar-refractivity contribution >= 4 is 16.8 Å². The maximum Gasteiger partial charge on any atom is 0.178 e. The molecule has 0 amide bonds. The van der Waals surface area contributed by atoms with Gasteiger partial charge in [-0.05, 0) is 131 Å². The summed E-state index contributed by atoms with van der Waals surface area (Å²) in [6.07, 6.45) is 9.55. The second-order valence-corrected chi connectivity index (χ2v) is 19.4. The van der Waals surface area contributed by atoms with Gasteiger partial charge in [-0.15, -0.1) is 0 Å². The normalized spacial score (nSPS) is 16.7. The first-order valence-corrected chi connectivity index (χ1v) is 22.9. The fourth-order valence-electron chi connectivity index (χ4n) is 11.7. The zero-order valence-electron chi connectivity index (χ0n) is 38.9. The van der Waals surface area contributed by atoms with E-state index in [9.17, 15) is 0 Å². The van der Waals surface area contributed by atoms with Gasteiger partial charge in [-0.1, -0.05) is 101 Å². The lowest BCUT2D eigenvalue weighted by molar-refractivity contribution is 0.0642. The molecule has 3 aliphatic rings. The lowest BCUT2D eigenvalue weighted by atomic mass is 9.52. The van der Waals surface area contributed by atoms with Gasteiger partial charge in [-0.25, -0.2) is 0 Å². The van der Waals surface area contributed by atoms with Crippen LogP contribution in [0.1, 0.15) is 101 Å². The van der Waals surface area contributed by atoms with Crippen molar-refractivity contribution < 1.29 is 28.4 Å². The fraction of sp³-hybridized carbons (Fsp3) is 0.357. The van der Waals surface area contributed by atoms with E-state index in [0.29, 0.717) is 30.5 Å². The monoisotopic (exact) mass is 869 g/mol. The third-order valence-electron chi connectivity index (χ3n) is 13.4. The predicted molar refractivity (Wildman–Crippen MR) is 260 cm³/mol. The Bertz CT molecular complexity index is 2770. The highest BCUT2D eigenvalue weighted by atomic mass is 16.5. The first-order valence-electron chi connectivity index (χ1n) is 22.9. The minimum Gasteiger partial charge on any atom is -0.497 e. The molecule has 0 bridgehead atoms. The van der Waals surface area contributed by atoms with E-state index in [1.54, 1.807) is 14.2 Å². The number of hydrogen-bond acceptors (Lipinski definition) is 7. The molecule has 1 aliphatic heterocycles. The maximum absolute atomic E-state index is 9.14. The van der Waals surface area contributed by atoms with Crippen molar-refractivity contribution in [3.63, 3.8) is 0 Å². The van der Waals surface area contributed by atoms with Crippen LogP contribution in [0.5, 0.6) is 34.5 Å². The van der Waals surface area contributed by atoms with Gasteiger partial charge in [-0.2, -0.15) is 0 Å². The smallest absolute Gasteiger partial charge is 0.178 e. The van der Waals surface area contributed by atoms with Crippen molar-refractivity contribution in [2.75, 3.05) is 34.2 Å². The molecule has 0 radical (unpaired) electrons. The van der Waals surface area contributed by atoms with Crippen LogP contribution in [-0.4, -0.2) is 34.2 Å². The third-order valence-corrected chi connectivity index (χ3v) is 13.4. The molecule has 9 heteroatoms. The molecule has 0 atom stereocenters. The Labute approximate surface area is 382 Å². The second-order valence-electron chi connectivity index (χ2n) is 19.4. The zero-order chi connectivity index (χ0) is 45.6. The lowest BCUT2D eigenvalue weighted by Crippen LogP contribution is -2.44. The topological polar surface area (TPSA) is 104 Å². The van der Waals surface area contributed by atoms with Gasteiger partial charge in [0.2, 0.25) is 0 Å². The van der Waals surface area contributed by atoms with Gasteiger partial charge in [0.15, 0.2) is 12.3 Å². The number of methoxy groups -OCH3 is 2. The van der Waals surface area contributed by atoms with Crippen molar-refractivity contribution in [1.82, 2.24) is 0 Å². The highest BCUT2D eigenvalue weighted by Gasteiger charge is 2.55. The molecule has 0 aromatic heterocycles. The summed E-state index contributed by atoms with van der Waals surface area (Å²) in [5.41, 5.74) is 17.7. The van der Waals surface area contributed by atoms with Crippen molar-refractivity contribution in [2.45, 2.75) is 84.7 Å². The molecule has 0 N–H and O–H groups in total. The lowest BCUT2D eigenvalue weighted by Gasteiger charge is -2.52. The molecule has 0 unspecified atom stereocenters. The van der Waals surface area contributed by atoms with Gasteiger partial charge < -0.3 is 28.4 Å². The van der Waals surface area contributed by atoms with Crippen molar-refractivity contribution in [1.29, 1.82) is 0 Å². The van der Waals surface area contributed by atoms with E-state index in [2.05, 4.69) is 124 Å². The van der Waals surface area contributed by atoms with E-state index in [1.165, 1.54) is 22.3 Å². The minimum atomic E-state index is -1.02. The van der Waals surface area contributed by atoms with Crippen LogP contribution in [0.25, 0.3) is 49.5 Å². The Morgan fingerprint density at radius 3 is 1.88 bits per heavy atom. The van der Waals surface area contributed by atoms with Gasteiger partial charge in [-0.3, -0.25) is 0 Å². The predicted octanol–water partition coefficient (Wildman–Crippen LogP) is 14.6. The number of azide groups is 1. The molecule has 65 heavy (non-hydrogen) atoms. The van der Waals surface area contributed by atoms with Crippen LogP contribution < -0.4 is 28.4 Å². The maximum atomic E-state index is 9.14. The number of benzene rings is 6. The van der Waals surface area contributed by atoms with Crippen LogP contribution >= 0.6 is 0 Å². The van der Waals surface area contributed by atoms with E-state index in [4.69, 9.17) is 34.0 Å². The number of nitrogens with zero attached hydrogens (tertiary/aromatic N) is 3. The van der Waals surface area contributed by atoms with Gasteiger partial charge >= 0.3 is 0 Å². The minimum absolute atomic E-state index is 0.0524.